The molecular weight excluding hydrogens is 343 g/mol. The highest BCUT2D eigenvalue weighted by Gasteiger charge is 2.16. The fourth-order valence-electron chi connectivity index (χ4n) is 1.94. The van der Waals surface area contributed by atoms with E-state index in [-0.39, 0.29) is 10.8 Å². The highest BCUT2D eigenvalue weighted by Crippen LogP contribution is 2.30. The molecule has 0 amide bonds. The van der Waals surface area contributed by atoms with Crippen molar-refractivity contribution in [2.75, 3.05) is 11.9 Å². The fraction of sp³-hybridized carbons (Fsp3) is 0.214. The van der Waals surface area contributed by atoms with Crippen LogP contribution in [0.15, 0.2) is 33.4 Å². The van der Waals surface area contributed by atoms with Crippen molar-refractivity contribution in [1.82, 2.24) is 0 Å². The summed E-state index contributed by atoms with van der Waals surface area (Å²) in [6.07, 6.45) is 1.63. The van der Waals surface area contributed by atoms with Gasteiger partial charge in [-0.05, 0) is 41.1 Å². The average Bonchev–Trinajstić information content (AvgIpc) is 2.77. The molecule has 2 aromatic rings. The van der Waals surface area contributed by atoms with Gasteiger partial charge < -0.3 is 15.1 Å². The second kappa shape index (κ2) is 5.93. The molecule has 0 spiro atoms. The summed E-state index contributed by atoms with van der Waals surface area (Å²) in [5.74, 6) is 0.454. The minimum absolute atomic E-state index is 0.163. The van der Waals surface area contributed by atoms with Crippen LogP contribution < -0.4 is 10.6 Å². The quantitative estimate of drug-likeness (QED) is 0.847. The average molecular weight is 357 g/mol. The first-order valence-corrected chi connectivity index (χ1v) is 7.14. The molecule has 0 aliphatic heterocycles. The summed E-state index contributed by atoms with van der Waals surface area (Å²) in [5.41, 5.74) is 7.53. The summed E-state index contributed by atoms with van der Waals surface area (Å²) in [4.78, 5) is 1.97. The third-order valence-electron chi connectivity index (χ3n) is 3.11. The van der Waals surface area contributed by atoms with Gasteiger partial charge in [0.1, 0.15) is 10.7 Å². The molecule has 6 heteroatoms. The Kier molecular flexibility index (Phi) is 4.45. The van der Waals surface area contributed by atoms with Crippen molar-refractivity contribution >= 4 is 38.8 Å². The van der Waals surface area contributed by atoms with Gasteiger partial charge in [-0.2, -0.15) is 0 Å². The Morgan fingerprint density at radius 3 is 2.70 bits per heavy atom. The van der Waals surface area contributed by atoms with Gasteiger partial charge in [0.2, 0.25) is 0 Å². The SMILES string of the molecule is Cc1occc1CN(C)c1ccc(C(N)=S)c(Br)c1F. The number of furan rings is 1. The number of hydrogen-bond donors (Lipinski definition) is 1. The maximum Gasteiger partial charge on any atom is 0.161 e. The van der Waals surface area contributed by atoms with E-state index in [0.717, 1.165) is 11.3 Å². The van der Waals surface area contributed by atoms with Crippen LogP contribution in [0.4, 0.5) is 10.1 Å². The normalized spacial score (nSPS) is 10.6. The summed E-state index contributed by atoms with van der Waals surface area (Å²) in [5, 5.41) is 0. The highest BCUT2D eigenvalue weighted by atomic mass is 79.9. The summed E-state index contributed by atoms with van der Waals surface area (Å²) >= 11 is 8.09. The Morgan fingerprint density at radius 2 is 2.15 bits per heavy atom. The molecule has 0 saturated heterocycles. The van der Waals surface area contributed by atoms with E-state index in [9.17, 15) is 4.39 Å². The molecule has 1 aromatic heterocycles. The van der Waals surface area contributed by atoms with Gasteiger partial charge in [0.05, 0.1) is 16.4 Å². The number of anilines is 1. The van der Waals surface area contributed by atoms with Gasteiger partial charge in [0, 0.05) is 24.7 Å². The van der Waals surface area contributed by atoms with Crippen molar-refractivity contribution in [2.45, 2.75) is 13.5 Å². The van der Waals surface area contributed by atoms with Crippen LogP contribution in [0.2, 0.25) is 0 Å². The van der Waals surface area contributed by atoms with Crippen molar-refractivity contribution in [3.63, 3.8) is 0 Å². The molecule has 1 heterocycles. The lowest BCUT2D eigenvalue weighted by molar-refractivity contribution is 0.529. The van der Waals surface area contributed by atoms with Gasteiger partial charge in [-0.1, -0.05) is 12.2 Å². The van der Waals surface area contributed by atoms with Gasteiger partial charge >= 0.3 is 0 Å². The first kappa shape index (κ1) is 15.0. The molecule has 0 fully saturated rings. The van der Waals surface area contributed by atoms with Crippen LogP contribution in [-0.4, -0.2) is 12.0 Å². The molecule has 3 nitrogen and oxygen atoms in total. The molecule has 2 rings (SSSR count). The van der Waals surface area contributed by atoms with Crippen LogP contribution in [0.3, 0.4) is 0 Å². The van der Waals surface area contributed by atoms with E-state index in [1.807, 2.05) is 20.0 Å². The van der Waals surface area contributed by atoms with Gasteiger partial charge in [-0.25, -0.2) is 4.39 Å². The molecule has 1 aromatic carbocycles. The van der Waals surface area contributed by atoms with Crippen molar-refractivity contribution in [2.24, 2.45) is 5.73 Å². The first-order chi connectivity index (χ1) is 9.41. The molecule has 106 valence electrons. The Labute approximate surface area is 130 Å². The van der Waals surface area contributed by atoms with E-state index in [0.29, 0.717) is 22.3 Å². The lowest BCUT2D eigenvalue weighted by Crippen LogP contribution is -2.19. The zero-order valence-electron chi connectivity index (χ0n) is 11.1. The summed E-state index contributed by atoms with van der Waals surface area (Å²) in [6.45, 7) is 2.43. The van der Waals surface area contributed by atoms with Crippen LogP contribution in [0.25, 0.3) is 0 Å². The van der Waals surface area contributed by atoms with Crippen molar-refractivity contribution < 1.29 is 8.81 Å². The monoisotopic (exact) mass is 356 g/mol. The van der Waals surface area contributed by atoms with Gasteiger partial charge in [-0.15, -0.1) is 0 Å². The molecule has 20 heavy (non-hydrogen) atoms. The molecule has 0 saturated carbocycles. The number of halogens is 2. The van der Waals surface area contributed by atoms with E-state index in [4.69, 9.17) is 22.4 Å². The van der Waals surface area contributed by atoms with E-state index < -0.39 is 0 Å². The smallest absolute Gasteiger partial charge is 0.161 e. The Bertz CT molecular complexity index is 657. The summed E-state index contributed by atoms with van der Waals surface area (Å²) < 4.78 is 19.9. The molecule has 0 unspecified atom stereocenters. The van der Waals surface area contributed by atoms with Crippen LogP contribution in [0.1, 0.15) is 16.9 Å². The second-order valence-corrected chi connectivity index (χ2v) is 5.72. The van der Waals surface area contributed by atoms with Crippen LogP contribution in [0, 0.1) is 12.7 Å². The molecule has 0 radical (unpaired) electrons. The molecule has 0 aliphatic rings. The van der Waals surface area contributed by atoms with E-state index in [2.05, 4.69) is 15.9 Å². The topological polar surface area (TPSA) is 42.4 Å². The minimum atomic E-state index is -0.376. The highest BCUT2D eigenvalue weighted by molar-refractivity contribution is 9.10. The summed E-state index contributed by atoms with van der Waals surface area (Å²) in [7, 11) is 1.82. The summed E-state index contributed by atoms with van der Waals surface area (Å²) in [6, 6.07) is 5.26. The van der Waals surface area contributed by atoms with E-state index in [1.165, 1.54) is 0 Å². The number of aryl methyl sites for hydroxylation is 1. The van der Waals surface area contributed by atoms with Gasteiger partial charge in [-0.3, -0.25) is 0 Å². The number of benzene rings is 1. The fourth-order valence-corrected chi connectivity index (χ4v) is 2.79. The first-order valence-electron chi connectivity index (χ1n) is 5.93. The van der Waals surface area contributed by atoms with Crippen LogP contribution in [0.5, 0.6) is 0 Å². The predicted molar refractivity (Wildman–Crippen MR) is 85.5 cm³/mol. The standard InChI is InChI=1S/C14H14BrFN2OS/c1-8-9(5-6-19-8)7-18(2)11-4-3-10(14(17)20)12(15)13(11)16/h3-6H,7H2,1-2H3,(H2,17,20). The number of nitrogens with two attached hydrogens (primary N) is 1. The maximum atomic E-state index is 14.4. The number of hydrogen-bond acceptors (Lipinski definition) is 3. The number of thiocarbonyl (C=S) groups is 1. The van der Waals surface area contributed by atoms with Crippen LogP contribution >= 0.6 is 28.1 Å². The maximum absolute atomic E-state index is 14.4. The van der Waals surface area contributed by atoms with E-state index >= 15 is 0 Å². The minimum Gasteiger partial charge on any atom is -0.469 e. The van der Waals surface area contributed by atoms with Crippen molar-refractivity contribution in [1.29, 1.82) is 0 Å². The lowest BCUT2D eigenvalue weighted by Gasteiger charge is -2.21. The van der Waals surface area contributed by atoms with E-state index in [1.54, 1.807) is 23.3 Å². The largest absolute Gasteiger partial charge is 0.469 e. The lowest BCUT2D eigenvalue weighted by atomic mass is 10.1. The number of rotatable bonds is 4. The van der Waals surface area contributed by atoms with Crippen LogP contribution in [-0.2, 0) is 6.54 Å². The number of nitrogens with zero attached hydrogens (tertiary/aromatic N) is 1. The predicted octanol–water partition coefficient (Wildman–Crippen LogP) is 3.76. The zero-order chi connectivity index (χ0) is 14.9. The van der Waals surface area contributed by atoms with Crippen molar-refractivity contribution in [3.05, 3.63) is 51.6 Å². The molecule has 0 atom stereocenters. The third-order valence-corrected chi connectivity index (χ3v) is 4.11. The Balaban J connectivity index is 2.31. The molecule has 0 bridgehead atoms. The zero-order valence-corrected chi connectivity index (χ0v) is 13.5. The Hall–Kier alpha value is -1.40. The second-order valence-electron chi connectivity index (χ2n) is 4.48. The molecular formula is C14H14BrFN2OS. The molecule has 2 N–H and O–H groups in total. The van der Waals surface area contributed by atoms with Gasteiger partial charge in [0.25, 0.3) is 0 Å². The van der Waals surface area contributed by atoms with Crippen molar-refractivity contribution in [3.8, 4) is 0 Å². The third kappa shape index (κ3) is 2.86. The van der Waals surface area contributed by atoms with Gasteiger partial charge in [0.15, 0.2) is 5.82 Å². The Morgan fingerprint density at radius 1 is 1.45 bits per heavy atom. The molecule has 0 aliphatic carbocycles.